The minimum absolute atomic E-state index is 0.304. The zero-order valence-corrected chi connectivity index (χ0v) is 15.7. The Morgan fingerprint density at radius 2 is 2.04 bits per heavy atom. The lowest BCUT2D eigenvalue weighted by atomic mass is 9.93. The van der Waals surface area contributed by atoms with Crippen molar-refractivity contribution in [1.29, 1.82) is 0 Å². The molecule has 2 aliphatic rings. The van der Waals surface area contributed by atoms with Crippen LogP contribution in [0, 0.1) is 5.92 Å². The maximum atomic E-state index is 6.25. The second-order valence-corrected chi connectivity index (χ2v) is 8.18. The third-order valence-electron chi connectivity index (χ3n) is 4.96. The summed E-state index contributed by atoms with van der Waals surface area (Å²) in [5.74, 6) is 0.510. The number of hydrogen-bond acceptors (Lipinski definition) is 3. The number of ether oxygens (including phenoxy) is 1. The van der Waals surface area contributed by atoms with E-state index in [1.165, 1.54) is 11.1 Å². The SMILES string of the molecule is Clc1sccc1-c1ccc(CN2CCO[C@@H](C3C=CC=CC3)C2)cc1. The van der Waals surface area contributed by atoms with Crippen molar-refractivity contribution in [3.8, 4) is 11.1 Å². The quantitative estimate of drug-likeness (QED) is 0.713. The number of benzene rings is 1. The predicted octanol–water partition coefficient (Wildman–Crippen LogP) is 5.40. The van der Waals surface area contributed by atoms with E-state index >= 15 is 0 Å². The highest BCUT2D eigenvalue weighted by Crippen LogP contribution is 2.32. The van der Waals surface area contributed by atoms with Crippen molar-refractivity contribution in [2.24, 2.45) is 5.92 Å². The molecule has 1 aliphatic heterocycles. The number of nitrogens with zero attached hydrogens (tertiary/aromatic N) is 1. The van der Waals surface area contributed by atoms with Gasteiger partial charge in [0.05, 0.1) is 12.7 Å². The van der Waals surface area contributed by atoms with Gasteiger partial charge >= 0.3 is 0 Å². The standard InChI is InChI=1S/C21H22ClNOS/c22-21-19(10-13-25-21)17-8-6-16(7-9-17)14-23-11-12-24-20(15-23)18-4-2-1-3-5-18/h1-4,6-10,13,18,20H,5,11-12,14-15H2/t18?,20-/m1/s1. The van der Waals surface area contributed by atoms with Crippen molar-refractivity contribution in [2.45, 2.75) is 19.1 Å². The molecule has 1 fully saturated rings. The van der Waals surface area contributed by atoms with E-state index in [-0.39, 0.29) is 0 Å². The molecule has 4 rings (SSSR count). The van der Waals surface area contributed by atoms with E-state index in [1.807, 2.05) is 5.38 Å². The van der Waals surface area contributed by atoms with E-state index in [1.54, 1.807) is 11.3 Å². The molecular formula is C21H22ClNOS. The zero-order valence-electron chi connectivity index (χ0n) is 14.1. The third-order valence-corrected chi connectivity index (χ3v) is 6.13. The normalized spacial score (nSPS) is 23.9. The number of rotatable bonds is 4. The highest BCUT2D eigenvalue weighted by atomic mass is 35.5. The second kappa shape index (κ2) is 7.88. The highest BCUT2D eigenvalue weighted by Gasteiger charge is 2.26. The van der Waals surface area contributed by atoms with E-state index in [9.17, 15) is 0 Å². The largest absolute Gasteiger partial charge is 0.375 e. The fourth-order valence-electron chi connectivity index (χ4n) is 3.56. The van der Waals surface area contributed by atoms with E-state index in [4.69, 9.17) is 16.3 Å². The van der Waals surface area contributed by atoms with Crippen molar-refractivity contribution in [3.05, 3.63) is 69.9 Å². The molecule has 2 atom stereocenters. The maximum Gasteiger partial charge on any atom is 0.101 e. The number of halogens is 1. The predicted molar refractivity (Wildman–Crippen MR) is 106 cm³/mol. The van der Waals surface area contributed by atoms with Gasteiger partial charge in [0.2, 0.25) is 0 Å². The van der Waals surface area contributed by atoms with Gasteiger partial charge in [-0.15, -0.1) is 11.3 Å². The summed E-state index contributed by atoms with van der Waals surface area (Å²) >= 11 is 7.82. The first kappa shape index (κ1) is 17.0. The lowest BCUT2D eigenvalue weighted by Gasteiger charge is -2.36. The van der Waals surface area contributed by atoms with Crippen molar-refractivity contribution in [1.82, 2.24) is 4.90 Å². The van der Waals surface area contributed by atoms with E-state index in [0.717, 1.165) is 42.6 Å². The van der Waals surface area contributed by atoms with Crippen LogP contribution >= 0.6 is 22.9 Å². The lowest BCUT2D eigenvalue weighted by molar-refractivity contribution is -0.0504. The number of allylic oxidation sites excluding steroid dienone is 3. The van der Waals surface area contributed by atoms with Crippen molar-refractivity contribution < 1.29 is 4.74 Å². The summed E-state index contributed by atoms with van der Waals surface area (Å²) in [6.07, 6.45) is 10.2. The molecule has 0 saturated carbocycles. The molecular weight excluding hydrogens is 350 g/mol. The van der Waals surface area contributed by atoms with E-state index < -0.39 is 0 Å². The summed E-state index contributed by atoms with van der Waals surface area (Å²) in [6.45, 7) is 3.80. The summed E-state index contributed by atoms with van der Waals surface area (Å²) in [5.41, 5.74) is 3.66. The van der Waals surface area contributed by atoms with Gasteiger partial charge in [0.15, 0.2) is 0 Å². The van der Waals surface area contributed by atoms with Crippen LogP contribution in [0.4, 0.5) is 0 Å². The van der Waals surface area contributed by atoms with Crippen LogP contribution in [0.15, 0.2) is 60.0 Å². The van der Waals surface area contributed by atoms with Gasteiger partial charge in [-0.1, -0.05) is 60.2 Å². The molecule has 1 aromatic carbocycles. The first-order chi connectivity index (χ1) is 12.3. The summed E-state index contributed by atoms with van der Waals surface area (Å²) in [6, 6.07) is 10.9. The van der Waals surface area contributed by atoms with E-state index in [2.05, 4.69) is 59.5 Å². The van der Waals surface area contributed by atoms with Gasteiger partial charge in [-0.05, 0) is 29.0 Å². The topological polar surface area (TPSA) is 12.5 Å². The van der Waals surface area contributed by atoms with Crippen LogP contribution in [-0.4, -0.2) is 30.7 Å². The van der Waals surface area contributed by atoms with Crippen LogP contribution in [0.3, 0.4) is 0 Å². The Bertz CT molecular complexity index is 764. The molecule has 1 aliphatic carbocycles. The Labute approximate surface area is 158 Å². The molecule has 1 unspecified atom stereocenters. The van der Waals surface area contributed by atoms with Crippen LogP contribution in [-0.2, 0) is 11.3 Å². The van der Waals surface area contributed by atoms with Gasteiger partial charge in [0, 0.05) is 31.1 Å². The van der Waals surface area contributed by atoms with Gasteiger partial charge in [-0.2, -0.15) is 0 Å². The molecule has 0 bridgehead atoms. The smallest absolute Gasteiger partial charge is 0.101 e. The monoisotopic (exact) mass is 371 g/mol. The molecule has 1 saturated heterocycles. The minimum Gasteiger partial charge on any atom is -0.375 e. The lowest BCUT2D eigenvalue weighted by Crippen LogP contribution is -2.45. The Kier molecular flexibility index (Phi) is 5.37. The summed E-state index contributed by atoms with van der Waals surface area (Å²) < 4.78 is 6.89. The van der Waals surface area contributed by atoms with Gasteiger partial charge in [-0.3, -0.25) is 4.90 Å². The van der Waals surface area contributed by atoms with Crippen molar-refractivity contribution in [2.75, 3.05) is 19.7 Å². The molecule has 25 heavy (non-hydrogen) atoms. The van der Waals surface area contributed by atoms with Crippen LogP contribution in [0.5, 0.6) is 0 Å². The summed E-state index contributed by atoms with van der Waals surface area (Å²) in [4.78, 5) is 2.51. The minimum atomic E-state index is 0.304. The molecule has 0 amide bonds. The molecule has 0 N–H and O–H groups in total. The molecule has 130 valence electrons. The molecule has 2 aromatic rings. The van der Waals surface area contributed by atoms with Crippen LogP contribution < -0.4 is 0 Å². The molecule has 4 heteroatoms. The molecule has 1 aromatic heterocycles. The Morgan fingerprint density at radius 1 is 1.16 bits per heavy atom. The average Bonchev–Trinajstić information content (AvgIpc) is 3.09. The first-order valence-corrected chi connectivity index (χ1v) is 10.0. The summed E-state index contributed by atoms with van der Waals surface area (Å²) in [5, 5.41) is 2.04. The number of hydrogen-bond donors (Lipinski definition) is 0. The molecule has 2 nitrogen and oxygen atoms in total. The zero-order chi connectivity index (χ0) is 17.1. The number of morpholine rings is 1. The Balaban J connectivity index is 1.39. The van der Waals surface area contributed by atoms with Gasteiger partial charge < -0.3 is 4.74 Å². The third kappa shape index (κ3) is 4.06. The van der Waals surface area contributed by atoms with Crippen LogP contribution in [0.25, 0.3) is 11.1 Å². The van der Waals surface area contributed by atoms with Crippen LogP contribution in [0.2, 0.25) is 4.34 Å². The van der Waals surface area contributed by atoms with Gasteiger partial charge in [0.25, 0.3) is 0 Å². The average molecular weight is 372 g/mol. The fourth-order valence-corrected chi connectivity index (χ4v) is 4.52. The van der Waals surface area contributed by atoms with Crippen LogP contribution in [0.1, 0.15) is 12.0 Å². The van der Waals surface area contributed by atoms with Gasteiger partial charge in [0.1, 0.15) is 4.34 Å². The van der Waals surface area contributed by atoms with Crippen molar-refractivity contribution >= 4 is 22.9 Å². The Morgan fingerprint density at radius 3 is 2.76 bits per heavy atom. The van der Waals surface area contributed by atoms with Crippen molar-refractivity contribution in [3.63, 3.8) is 0 Å². The Hall–Kier alpha value is -1.39. The van der Waals surface area contributed by atoms with Gasteiger partial charge in [-0.25, -0.2) is 0 Å². The fraction of sp³-hybridized carbons (Fsp3) is 0.333. The summed E-state index contributed by atoms with van der Waals surface area (Å²) in [7, 11) is 0. The molecule has 0 spiro atoms. The molecule has 0 radical (unpaired) electrons. The first-order valence-electron chi connectivity index (χ1n) is 8.79. The second-order valence-electron chi connectivity index (χ2n) is 6.66. The maximum absolute atomic E-state index is 6.25. The number of thiophene rings is 1. The van der Waals surface area contributed by atoms with E-state index in [0.29, 0.717) is 12.0 Å². The highest BCUT2D eigenvalue weighted by molar-refractivity contribution is 7.15. The molecule has 2 heterocycles.